The highest BCUT2D eigenvalue weighted by Crippen LogP contribution is 2.21. The Kier molecular flexibility index (Phi) is 8.50. The van der Waals surface area contributed by atoms with E-state index in [2.05, 4.69) is 28.1 Å². The molecule has 0 saturated carbocycles. The Hall–Kier alpha value is -3.47. The molecule has 2 heterocycles. The summed E-state index contributed by atoms with van der Waals surface area (Å²) in [4.78, 5) is 17.5. The maximum atomic E-state index is 13.1. The molecule has 2 aromatic heterocycles. The number of aromatic nitrogens is 3. The lowest BCUT2D eigenvalue weighted by Crippen LogP contribution is -2.15. The summed E-state index contributed by atoms with van der Waals surface area (Å²) in [5, 5.41) is 7.26. The molecule has 0 aliphatic carbocycles. The minimum absolute atomic E-state index is 0.176. The van der Waals surface area contributed by atoms with Crippen LogP contribution < -0.4 is 5.32 Å². The van der Waals surface area contributed by atoms with Gasteiger partial charge in [0.05, 0.1) is 17.6 Å². The van der Waals surface area contributed by atoms with Crippen LogP contribution in [0, 0.1) is 6.92 Å². The predicted octanol–water partition coefficient (Wildman–Crippen LogP) is 5.73. The number of rotatable bonds is 8. The fraction of sp³-hybridized carbons (Fsp3) is 0.269. The summed E-state index contributed by atoms with van der Waals surface area (Å²) < 4.78 is 1.78. The molecule has 2 rings (SSSR count). The molecule has 0 unspecified atom stereocenters. The van der Waals surface area contributed by atoms with Crippen LogP contribution in [-0.4, -0.2) is 20.7 Å². The first-order valence-corrected chi connectivity index (χ1v) is 10.3. The predicted molar refractivity (Wildman–Crippen MR) is 130 cm³/mol. The van der Waals surface area contributed by atoms with Crippen molar-refractivity contribution in [3.63, 3.8) is 0 Å². The van der Waals surface area contributed by atoms with Crippen molar-refractivity contribution in [2.24, 2.45) is 7.05 Å². The zero-order valence-corrected chi connectivity index (χ0v) is 19.4. The molecule has 0 spiro atoms. The summed E-state index contributed by atoms with van der Waals surface area (Å²) in [7, 11) is 1.90. The van der Waals surface area contributed by atoms with E-state index in [4.69, 9.17) is 0 Å². The normalized spacial score (nSPS) is 12.2. The molecular weight excluding hydrogens is 384 g/mol. The molecule has 31 heavy (non-hydrogen) atoms. The lowest BCUT2D eigenvalue weighted by Gasteiger charge is -2.11. The number of anilines is 1. The van der Waals surface area contributed by atoms with E-state index in [0.717, 1.165) is 33.5 Å². The van der Waals surface area contributed by atoms with Crippen molar-refractivity contribution in [3.8, 4) is 0 Å². The van der Waals surface area contributed by atoms with E-state index in [1.807, 2.05) is 90.6 Å². The van der Waals surface area contributed by atoms with Gasteiger partial charge in [0.1, 0.15) is 0 Å². The quantitative estimate of drug-likeness (QED) is 0.339. The maximum absolute atomic E-state index is 13.1. The Labute approximate surface area is 185 Å². The fourth-order valence-corrected chi connectivity index (χ4v) is 2.98. The van der Waals surface area contributed by atoms with E-state index in [1.165, 1.54) is 0 Å². The first-order chi connectivity index (χ1) is 14.7. The number of amides is 1. The molecule has 0 atom stereocenters. The van der Waals surface area contributed by atoms with Crippen LogP contribution in [0.25, 0.3) is 5.57 Å². The number of carbonyl (C=O) groups excluding carboxylic acids is 1. The van der Waals surface area contributed by atoms with Crippen LogP contribution in [0.4, 0.5) is 5.69 Å². The number of hydrogen-bond acceptors (Lipinski definition) is 3. The number of nitrogens with one attached hydrogen (secondary N) is 1. The van der Waals surface area contributed by atoms with Gasteiger partial charge in [-0.3, -0.25) is 14.5 Å². The Bertz CT molecular complexity index is 1080. The highest BCUT2D eigenvalue weighted by atomic mass is 16.1. The minimum Gasteiger partial charge on any atom is -0.320 e. The number of carbonyl (C=O) groups is 1. The average molecular weight is 417 g/mol. The van der Waals surface area contributed by atoms with Gasteiger partial charge in [-0.05, 0) is 69.9 Å². The summed E-state index contributed by atoms with van der Waals surface area (Å²) >= 11 is 0. The number of pyridine rings is 1. The van der Waals surface area contributed by atoms with Gasteiger partial charge in [0.2, 0.25) is 0 Å². The van der Waals surface area contributed by atoms with Gasteiger partial charge in [-0.15, -0.1) is 6.58 Å². The lowest BCUT2D eigenvalue weighted by atomic mass is 10.0. The topological polar surface area (TPSA) is 59.8 Å². The van der Waals surface area contributed by atoms with Crippen LogP contribution in [0.5, 0.6) is 0 Å². The monoisotopic (exact) mass is 416 g/mol. The third-order valence-corrected chi connectivity index (χ3v) is 4.80. The molecule has 2 aromatic rings. The number of nitrogens with zero attached hydrogens (tertiary/aromatic N) is 3. The van der Waals surface area contributed by atoms with Crippen LogP contribution in [0.2, 0.25) is 0 Å². The average Bonchev–Trinajstić information content (AvgIpc) is 3.16. The molecule has 5 nitrogen and oxygen atoms in total. The van der Waals surface area contributed by atoms with Crippen LogP contribution in [0.1, 0.15) is 44.5 Å². The zero-order chi connectivity index (χ0) is 23.0. The van der Waals surface area contributed by atoms with Crippen LogP contribution in [0.3, 0.4) is 0 Å². The van der Waals surface area contributed by atoms with Crippen molar-refractivity contribution in [1.82, 2.24) is 14.8 Å². The highest BCUT2D eigenvalue weighted by Gasteiger charge is 2.11. The molecule has 0 aliphatic heterocycles. The van der Waals surface area contributed by atoms with Crippen molar-refractivity contribution in [3.05, 3.63) is 95.2 Å². The summed E-state index contributed by atoms with van der Waals surface area (Å²) in [5.74, 6) is -0.176. The largest absolute Gasteiger partial charge is 0.320 e. The number of aryl methyl sites for hydroxylation is 2. The van der Waals surface area contributed by atoms with Gasteiger partial charge in [-0.2, -0.15) is 5.10 Å². The molecule has 162 valence electrons. The first-order valence-electron chi connectivity index (χ1n) is 10.3. The Morgan fingerprint density at radius 3 is 2.55 bits per heavy atom. The van der Waals surface area contributed by atoms with Crippen LogP contribution in [-0.2, 0) is 18.3 Å². The Balaban J connectivity index is 2.38. The molecule has 0 saturated heterocycles. The van der Waals surface area contributed by atoms with Crippen molar-refractivity contribution in [2.75, 3.05) is 5.32 Å². The first kappa shape index (κ1) is 23.8. The van der Waals surface area contributed by atoms with Gasteiger partial charge < -0.3 is 5.32 Å². The molecule has 0 aromatic carbocycles. The highest BCUT2D eigenvalue weighted by molar-refractivity contribution is 6.06. The van der Waals surface area contributed by atoms with Gasteiger partial charge in [0.15, 0.2) is 0 Å². The third-order valence-electron chi connectivity index (χ3n) is 4.80. The minimum atomic E-state index is -0.176. The molecule has 5 heteroatoms. The molecule has 0 fully saturated rings. The lowest BCUT2D eigenvalue weighted by molar-refractivity contribution is -0.112. The van der Waals surface area contributed by atoms with E-state index >= 15 is 0 Å². The van der Waals surface area contributed by atoms with Crippen molar-refractivity contribution in [1.29, 1.82) is 0 Å². The van der Waals surface area contributed by atoms with Gasteiger partial charge in [0.25, 0.3) is 5.91 Å². The van der Waals surface area contributed by atoms with Crippen molar-refractivity contribution in [2.45, 2.75) is 41.0 Å². The molecule has 0 radical (unpaired) electrons. The van der Waals surface area contributed by atoms with E-state index in [-0.39, 0.29) is 5.91 Å². The molecule has 0 aliphatic rings. The summed E-state index contributed by atoms with van der Waals surface area (Å²) in [6, 6.07) is 1.95. The maximum Gasteiger partial charge on any atom is 0.255 e. The summed E-state index contributed by atoms with van der Waals surface area (Å²) in [6.45, 7) is 13.7. The molecule has 1 amide bonds. The molecule has 1 N–H and O–H groups in total. The van der Waals surface area contributed by atoms with Crippen molar-refractivity contribution < 1.29 is 4.79 Å². The SMILES string of the molecule is C=CCc1cnc(C)c(NC(=O)C(/C=C\C)=C/C(/C=C(\C)c2cnn(C)c2)=C(C)C)c1. The standard InChI is InChI=1S/C26H32N4O/c1-8-10-21-13-25(20(6)27-15-21)29-26(31)22(11-9-2)14-23(18(3)4)12-19(5)24-16-28-30(7)17-24/h8-9,11-17H,1,10H2,2-7H3,(H,29,31)/b11-9-,19-12+,22-14+. The second-order valence-corrected chi connectivity index (χ2v) is 7.71. The number of hydrogen-bond donors (Lipinski definition) is 1. The van der Waals surface area contributed by atoms with Crippen LogP contribution in [0.15, 0.2) is 78.3 Å². The van der Waals surface area contributed by atoms with Gasteiger partial charge in [-0.25, -0.2) is 0 Å². The van der Waals surface area contributed by atoms with E-state index in [9.17, 15) is 4.79 Å². The second-order valence-electron chi connectivity index (χ2n) is 7.71. The van der Waals surface area contributed by atoms with Gasteiger partial charge >= 0.3 is 0 Å². The molecular formula is C26H32N4O. The van der Waals surface area contributed by atoms with E-state index in [0.29, 0.717) is 17.7 Å². The molecule has 0 bridgehead atoms. The van der Waals surface area contributed by atoms with Crippen molar-refractivity contribution >= 4 is 17.2 Å². The summed E-state index contributed by atoms with van der Waals surface area (Å²) in [5.41, 5.74) is 7.29. The smallest absolute Gasteiger partial charge is 0.255 e. The Morgan fingerprint density at radius 1 is 1.23 bits per heavy atom. The van der Waals surface area contributed by atoms with Gasteiger partial charge in [-0.1, -0.05) is 29.9 Å². The Morgan fingerprint density at radius 2 is 1.97 bits per heavy atom. The number of allylic oxidation sites excluding steroid dienone is 7. The summed E-state index contributed by atoms with van der Waals surface area (Å²) in [6.07, 6.45) is 15.8. The van der Waals surface area contributed by atoms with E-state index < -0.39 is 0 Å². The fourth-order valence-electron chi connectivity index (χ4n) is 2.98. The van der Waals surface area contributed by atoms with Gasteiger partial charge in [0, 0.05) is 30.6 Å². The zero-order valence-electron chi connectivity index (χ0n) is 19.4. The third kappa shape index (κ3) is 6.78. The van der Waals surface area contributed by atoms with Crippen LogP contribution >= 0.6 is 0 Å². The second kappa shape index (κ2) is 11.1. The van der Waals surface area contributed by atoms with E-state index in [1.54, 1.807) is 4.68 Å².